The highest BCUT2D eigenvalue weighted by molar-refractivity contribution is 5.68. The molecule has 5 nitrogen and oxygen atoms in total. The number of alkyl halides is 3. The van der Waals surface area contributed by atoms with E-state index < -0.39 is 23.4 Å². The van der Waals surface area contributed by atoms with Crippen LogP contribution in [0.2, 0.25) is 0 Å². The lowest BCUT2D eigenvalue weighted by Crippen LogP contribution is -2.45. The van der Waals surface area contributed by atoms with Crippen LogP contribution in [-0.2, 0) is 17.5 Å². The van der Waals surface area contributed by atoms with Crippen LogP contribution in [0.5, 0.6) is 0 Å². The number of nitriles is 1. The summed E-state index contributed by atoms with van der Waals surface area (Å²) in [4.78, 5) is 13.8. The molecule has 0 atom stereocenters. The first-order valence-corrected chi connectivity index (χ1v) is 8.79. The van der Waals surface area contributed by atoms with Crippen LogP contribution in [-0.4, -0.2) is 35.7 Å². The molecule has 0 spiro atoms. The summed E-state index contributed by atoms with van der Waals surface area (Å²) in [5.41, 5.74) is -0.911. The molecule has 0 saturated carbocycles. The summed E-state index contributed by atoms with van der Waals surface area (Å²) in [5, 5.41) is 11.8. The molecule has 0 aliphatic carbocycles. The van der Waals surface area contributed by atoms with Gasteiger partial charge >= 0.3 is 12.3 Å². The zero-order valence-electron chi connectivity index (χ0n) is 15.7. The van der Waals surface area contributed by atoms with Gasteiger partial charge in [-0.1, -0.05) is 0 Å². The number of piperidine rings is 1. The molecular weight excluding hydrogens is 359 g/mol. The van der Waals surface area contributed by atoms with E-state index in [0.29, 0.717) is 38.0 Å². The number of alkyl carbamates (subject to hydrolysis) is 1. The Morgan fingerprint density at radius 1 is 1.26 bits per heavy atom. The van der Waals surface area contributed by atoms with Gasteiger partial charge in [0.15, 0.2) is 0 Å². The maximum atomic E-state index is 13.0. The number of halogens is 3. The standard InChI is InChI=1S/C19H24F3N3O2/c1-18(2,3)27-17(26)24-16-4-6-25(7-5-16)12-14-8-13(11-23)9-15(10-14)19(20,21)22/h8-10,16H,4-7,12H2,1-3H3,(H,24,26). The molecule has 0 radical (unpaired) electrons. The van der Waals surface area contributed by atoms with E-state index in [1.54, 1.807) is 26.8 Å². The van der Waals surface area contributed by atoms with E-state index in [4.69, 9.17) is 10.00 Å². The Labute approximate surface area is 157 Å². The Kier molecular flexibility index (Phi) is 6.37. The Morgan fingerprint density at radius 2 is 1.89 bits per heavy atom. The molecule has 1 aromatic carbocycles. The normalized spacial score (nSPS) is 16.6. The smallest absolute Gasteiger partial charge is 0.416 e. The zero-order valence-corrected chi connectivity index (χ0v) is 15.7. The molecule has 1 saturated heterocycles. The van der Waals surface area contributed by atoms with E-state index >= 15 is 0 Å². The number of rotatable bonds is 3. The number of nitrogens with zero attached hydrogens (tertiary/aromatic N) is 2. The van der Waals surface area contributed by atoms with E-state index in [1.807, 2.05) is 4.90 Å². The van der Waals surface area contributed by atoms with Gasteiger partial charge in [0.2, 0.25) is 0 Å². The van der Waals surface area contributed by atoms with Crippen molar-refractivity contribution in [3.8, 4) is 6.07 Å². The van der Waals surface area contributed by atoms with Crippen LogP contribution in [0.15, 0.2) is 18.2 Å². The molecule has 0 bridgehead atoms. The number of benzene rings is 1. The second kappa shape index (κ2) is 8.17. The largest absolute Gasteiger partial charge is 0.444 e. The molecule has 1 N–H and O–H groups in total. The van der Waals surface area contributed by atoms with Crippen LogP contribution in [0.25, 0.3) is 0 Å². The summed E-state index contributed by atoms with van der Waals surface area (Å²) in [6.07, 6.45) is -3.57. The summed E-state index contributed by atoms with van der Waals surface area (Å²) in [6.45, 7) is 6.98. The molecule has 1 aliphatic heterocycles. The van der Waals surface area contributed by atoms with Gasteiger partial charge in [0.05, 0.1) is 17.2 Å². The minimum absolute atomic E-state index is 0.00121. The molecule has 0 unspecified atom stereocenters. The molecule has 1 aromatic rings. The summed E-state index contributed by atoms with van der Waals surface area (Å²) in [6, 6.07) is 5.20. The second-order valence-electron chi connectivity index (χ2n) is 7.72. The summed E-state index contributed by atoms with van der Waals surface area (Å²) < 4.78 is 44.2. The number of amides is 1. The molecular formula is C19H24F3N3O2. The molecule has 1 amide bonds. The average molecular weight is 383 g/mol. The maximum Gasteiger partial charge on any atom is 0.416 e. The lowest BCUT2D eigenvalue weighted by Gasteiger charge is -2.33. The van der Waals surface area contributed by atoms with Crippen molar-refractivity contribution in [1.29, 1.82) is 5.26 Å². The average Bonchev–Trinajstić information content (AvgIpc) is 2.53. The predicted molar refractivity (Wildman–Crippen MR) is 93.8 cm³/mol. The van der Waals surface area contributed by atoms with Crippen molar-refractivity contribution in [3.05, 3.63) is 34.9 Å². The molecule has 2 rings (SSSR count). The Hall–Kier alpha value is -2.27. The second-order valence-corrected chi connectivity index (χ2v) is 7.72. The number of likely N-dealkylation sites (tertiary alicyclic amines) is 1. The molecule has 8 heteroatoms. The maximum absolute atomic E-state index is 13.0. The highest BCUT2D eigenvalue weighted by Gasteiger charge is 2.31. The van der Waals surface area contributed by atoms with Crippen molar-refractivity contribution in [2.45, 2.75) is 58.0 Å². The van der Waals surface area contributed by atoms with E-state index in [-0.39, 0.29) is 11.6 Å². The van der Waals surface area contributed by atoms with E-state index in [1.165, 1.54) is 6.07 Å². The van der Waals surface area contributed by atoms with Crippen LogP contribution in [0.4, 0.5) is 18.0 Å². The van der Waals surface area contributed by atoms with Gasteiger partial charge in [-0.2, -0.15) is 18.4 Å². The van der Waals surface area contributed by atoms with Gasteiger partial charge in [-0.25, -0.2) is 4.79 Å². The first-order chi connectivity index (χ1) is 12.5. The van der Waals surface area contributed by atoms with Crippen molar-refractivity contribution < 1.29 is 22.7 Å². The van der Waals surface area contributed by atoms with Crippen molar-refractivity contribution in [3.63, 3.8) is 0 Å². The molecule has 1 heterocycles. The zero-order chi connectivity index (χ0) is 20.2. The third-order valence-electron chi connectivity index (χ3n) is 4.16. The van der Waals surface area contributed by atoms with E-state index in [2.05, 4.69) is 5.32 Å². The van der Waals surface area contributed by atoms with Gasteiger partial charge in [0.25, 0.3) is 0 Å². The molecule has 1 aliphatic rings. The molecule has 27 heavy (non-hydrogen) atoms. The minimum atomic E-state index is -4.48. The number of hydrogen-bond acceptors (Lipinski definition) is 4. The third kappa shape index (κ3) is 6.75. The molecule has 1 fully saturated rings. The molecule has 148 valence electrons. The van der Waals surface area contributed by atoms with Crippen LogP contribution in [0.1, 0.15) is 50.3 Å². The summed E-state index contributed by atoms with van der Waals surface area (Å²) in [7, 11) is 0. The van der Waals surface area contributed by atoms with Crippen molar-refractivity contribution in [2.75, 3.05) is 13.1 Å². The minimum Gasteiger partial charge on any atom is -0.444 e. The number of carbonyl (C=O) groups excluding carboxylic acids is 1. The number of hydrogen-bond donors (Lipinski definition) is 1. The number of nitrogens with one attached hydrogen (secondary N) is 1. The van der Waals surface area contributed by atoms with Gasteiger partial charge in [-0.15, -0.1) is 0 Å². The monoisotopic (exact) mass is 383 g/mol. The quantitative estimate of drug-likeness (QED) is 0.855. The van der Waals surface area contributed by atoms with E-state index in [9.17, 15) is 18.0 Å². The third-order valence-corrected chi connectivity index (χ3v) is 4.16. The SMILES string of the molecule is CC(C)(C)OC(=O)NC1CCN(Cc2cc(C#N)cc(C(F)(F)F)c2)CC1. The number of ether oxygens (including phenoxy) is 1. The van der Waals surface area contributed by atoms with E-state index in [0.717, 1.165) is 12.1 Å². The van der Waals surface area contributed by atoms with Gasteiger partial charge in [-0.05, 0) is 57.4 Å². The van der Waals surface area contributed by atoms with Crippen LogP contribution in [0.3, 0.4) is 0 Å². The van der Waals surface area contributed by atoms with Gasteiger partial charge in [-0.3, -0.25) is 4.90 Å². The highest BCUT2D eigenvalue weighted by Crippen LogP contribution is 2.31. The fourth-order valence-electron chi connectivity index (χ4n) is 2.98. The lowest BCUT2D eigenvalue weighted by atomic mass is 10.0. The molecule has 0 aromatic heterocycles. The summed E-state index contributed by atoms with van der Waals surface area (Å²) in [5.74, 6) is 0. The van der Waals surface area contributed by atoms with Crippen molar-refractivity contribution in [1.82, 2.24) is 10.2 Å². The van der Waals surface area contributed by atoms with Gasteiger partial charge in [0, 0.05) is 25.7 Å². The van der Waals surface area contributed by atoms with Crippen molar-refractivity contribution >= 4 is 6.09 Å². The first-order valence-electron chi connectivity index (χ1n) is 8.79. The lowest BCUT2D eigenvalue weighted by molar-refractivity contribution is -0.137. The van der Waals surface area contributed by atoms with Crippen LogP contribution >= 0.6 is 0 Å². The summed E-state index contributed by atoms with van der Waals surface area (Å²) >= 11 is 0. The van der Waals surface area contributed by atoms with Gasteiger partial charge < -0.3 is 10.1 Å². The Balaban J connectivity index is 1.92. The number of carbonyl (C=O) groups is 1. The van der Waals surface area contributed by atoms with Gasteiger partial charge in [0.1, 0.15) is 5.60 Å². The predicted octanol–water partition coefficient (Wildman–Crippen LogP) is 4.07. The van der Waals surface area contributed by atoms with Crippen molar-refractivity contribution in [2.24, 2.45) is 0 Å². The topological polar surface area (TPSA) is 65.4 Å². The Bertz CT molecular complexity index is 712. The first kappa shape index (κ1) is 21.0. The fourth-order valence-corrected chi connectivity index (χ4v) is 2.98. The Morgan fingerprint density at radius 3 is 2.41 bits per heavy atom. The van der Waals surface area contributed by atoms with Crippen LogP contribution < -0.4 is 5.32 Å². The van der Waals surface area contributed by atoms with Crippen LogP contribution in [0, 0.1) is 11.3 Å². The fraction of sp³-hybridized carbons (Fsp3) is 0.579. The highest BCUT2D eigenvalue weighted by atomic mass is 19.4.